The molecule has 0 radical (unpaired) electrons. The predicted molar refractivity (Wildman–Crippen MR) is 108 cm³/mol. The summed E-state index contributed by atoms with van der Waals surface area (Å²) >= 11 is 0. The van der Waals surface area contributed by atoms with E-state index < -0.39 is 6.10 Å². The van der Waals surface area contributed by atoms with Gasteiger partial charge in [0, 0.05) is 17.8 Å². The minimum atomic E-state index is -0.645. The van der Waals surface area contributed by atoms with Crippen LogP contribution >= 0.6 is 0 Å². The normalized spacial score (nSPS) is 12.2. The second-order valence-electron chi connectivity index (χ2n) is 7.46. The molecule has 0 aliphatic heterocycles. The molecule has 1 unspecified atom stereocenters. The number of carbonyl (C=O) groups is 2. The van der Waals surface area contributed by atoms with Crippen LogP contribution in [0.4, 0.5) is 5.69 Å². The van der Waals surface area contributed by atoms with Gasteiger partial charge >= 0.3 is 0 Å². The molecule has 0 saturated heterocycles. The number of hydrogen-bond donors (Lipinski definition) is 2. The summed E-state index contributed by atoms with van der Waals surface area (Å²) in [5.74, 6) is 0.267. The molecule has 1 atom stereocenters. The largest absolute Gasteiger partial charge is 0.481 e. The van der Waals surface area contributed by atoms with Crippen molar-refractivity contribution in [2.24, 2.45) is 0 Å². The smallest absolute Gasteiger partial charge is 0.265 e. The van der Waals surface area contributed by atoms with Crippen molar-refractivity contribution in [1.82, 2.24) is 5.32 Å². The predicted octanol–water partition coefficient (Wildman–Crippen LogP) is 4.14. The minimum absolute atomic E-state index is 0.0711. The molecule has 0 bridgehead atoms. The van der Waals surface area contributed by atoms with Crippen molar-refractivity contribution in [2.75, 3.05) is 11.9 Å². The molecule has 27 heavy (non-hydrogen) atoms. The molecule has 0 heterocycles. The van der Waals surface area contributed by atoms with Crippen LogP contribution in [-0.4, -0.2) is 24.5 Å². The zero-order valence-corrected chi connectivity index (χ0v) is 16.6. The molecule has 144 valence electrons. The fraction of sp³-hybridized carbons (Fsp3) is 0.364. The minimum Gasteiger partial charge on any atom is -0.481 e. The van der Waals surface area contributed by atoms with E-state index in [4.69, 9.17) is 4.74 Å². The molecule has 2 rings (SSSR count). The Morgan fingerprint density at radius 3 is 2.11 bits per heavy atom. The molecule has 5 nitrogen and oxygen atoms in total. The van der Waals surface area contributed by atoms with Gasteiger partial charge in [0.2, 0.25) is 0 Å². The van der Waals surface area contributed by atoms with Gasteiger partial charge in [-0.25, -0.2) is 0 Å². The first kappa shape index (κ1) is 20.5. The summed E-state index contributed by atoms with van der Waals surface area (Å²) in [5.41, 5.74) is 2.45. The highest BCUT2D eigenvalue weighted by Crippen LogP contribution is 2.24. The molecule has 0 aromatic heterocycles. The fourth-order valence-corrected chi connectivity index (χ4v) is 2.50. The van der Waals surface area contributed by atoms with E-state index in [2.05, 4.69) is 31.4 Å². The standard InChI is InChI=1S/C22H28N2O3/c1-6-23-21(26)16-7-11-18(12-8-16)24-20(25)15(2)27-19-13-9-17(10-14-19)22(3,4)5/h7-15H,6H2,1-5H3,(H,23,26)(H,24,25). The highest BCUT2D eigenvalue weighted by Gasteiger charge is 2.17. The average molecular weight is 368 g/mol. The van der Waals surface area contributed by atoms with Crippen molar-refractivity contribution in [3.63, 3.8) is 0 Å². The van der Waals surface area contributed by atoms with Crippen LogP contribution in [0.25, 0.3) is 0 Å². The Morgan fingerprint density at radius 1 is 1.00 bits per heavy atom. The van der Waals surface area contributed by atoms with Gasteiger partial charge in [-0.05, 0) is 61.2 Å². The van der Waals surface area contributed by atoms with Gasteiger partial charge in [-0.15, -0.1) is 0 Å². The van der Waals surface area contributed by atoms with Crippen LogP contribution in [0.5, 0.6) is 5.75 Å². The van der Waals surface area contributed by atoms with Gasteiger partial charge in [0.15, 0.2) is 6.10 Å². The summed E-state index contributed by atoms with van der Waals surface area (Å²) in [6.45, 7) is 10.6. The molecule has 2 aromatic carbocycles. The topological polar surface area (TPSA) is 67.4 Å². The lowest BCUT2D eigenvalue weighted by molar-refractivity contribution is -0.122. The summed E-state index contributed by atoms with van der Waals surface area (Å²) in [5, 5.41) is 5.53. The summed E-state index contributed by atoms with van der Waals surface area (Å²) in [6.07, 6.45) is -0.645. The molecule has 0 saturated carbocycles. The van der Waals surface area contributed by atoms with Gasteiger partial charge in [0.05, 0.1) is 0 Å². The molecule has 0 spiro atoms. The Morgan fingerprint density at radius 2 is 1.59 bits per heavy atom. The monoisotopic (exact) mass is 368 g/mol. The quantitative estimate of drug-likeness (QED) is 0.805. The first-order chi connectivity index (χ1) is 12.7. The van der Waals surface area contributed by atoms with E-state index in [1.54, 1.807) is 31.2 Å². The van der Waals surface area contributed by atoms with E-state index >= 15 is 0 Å². The van der Waals surface area contributed by atoms with Gasteiger partial charge in [0.1, 0.15) is 5.75 Å². The molecule has 0 aliphatic rings. The lowest BCUT2D eigenvalue weighted by atomic mass is 9.87. The van der Waals surface area contributed by atoms with Gasteiger partial charge < -0.3 is 15.4 Å². The molecular formula is C22H28N2O3. The van der Waals surface area contributed by atoms with Crippen LogP contribution in [0.15, 0.2) is 48.5 Å². The number of nitrogens with one attached hydrogen (secondary N) is 2. The van der Waals surface area contributed by atoms with Gasteiger partial charge in [-0.1, -0.05) is 32.9 Å². The molecule has 2 N–H and O–H groups in total. The number of carbonyl (C=O) groups excluding carboxylic acids is 2. The molecule has 0 fully saturated rings. The third-order valence-corrected chi connectivity index (χ3v) is 4.15. The Labute approximate surface area is 161 Å². The highest BCUT2D eigenvalue weighted by molar-refractivity contribution is 5.96. The van der Waals surface area contributed by atoms with Crippen LogP contribution < -0.4 is 15.4 Å². The van der Waals surface area contributed by atoms with Crippen LogP contribution in [0.2, 0.25) is 0 Å². The van der Waals surface area contributed by atoms with Crippen molar-refractivity contribution in [2.45, 2.75) is 46.1 Å². The van der Waals surface area contributed by atoms with Gasteiger partial charge in [-0.3, -0.25) is 9.59 Å². The SMILES string of the molecule is CCNC(=O)c1ccc(NC(=O)C(C)Oc2ccc(C(C)(C)C)cc2)cc1. The van der Waals surface area contributed by atoms with Crippen molar-refractivity contribution < 1.29 is 14.3 Å². The van der Waals surface area contributed by atoms with Crippen LogP contribution in [0.3, 0.4) is 0 Å². The lowest BCUT2D eigenvalue weighted by Gasteiger charge is -2.20. The fourth-order valence-electron chi connectivity index (χ4n) is 2.50. The van der Waals surface area contributed by atoms with E-state index in [0.717, 1.165) is 0 Å². The second-order valence-corrected chi connectivity index (χ2v) is 7.46. The average Bonchev–Trinajstić information content (AvgIpc) is 2.62. The van der Waals surface area contributed by atoms with Crippen LogP contribution in [0.1, 0.15) is 50.5 Å². The second kappa shape index (κ2) is 8.71. The third kappa shape index (κ3) is 5.84. The number of benzene rings is 2. The number of anilines is 1. The third-order valence-electron chi connectivity index (χ3n) is 4.15. The van der Waals surface area contributed by atoms with Crippen LogP contribution in [0, 0.1) is 0 Å². The molecule has 0 aliphatic carbocycles. The molecule has 5 heteroatoms. The maximum absolute atomic E-state index is 12.3. The van der Waals surface area contributed by atoms with Crippen LogP contribution in [-0.2, 0) is 10.2 Å². The zero-order chi connectivity index (χ0) is 20.0. The Bertz CT molecular complexity index is 775. The number of amides is 2. The summed E-state index contributed by atoms with van der Waals surface area (Å²) in [4.78, 5) is 24.1. The first-order valence-corrected chi connectivity index (χ1v) is 9.17. The van der Waals surface area contributed by atoms with E-state index in [-0.39, 0.29) is 17.2 Å². The van der Waals surface area contributed by atoms with E-state index in [1.807, 2.05) is 31.2 Å². The maximum atomic E-state index is 12.3. The van der Waals surface area contributed by atoms with Gasteiger partial charge in [0.25, 0.3) is 11.8 Å². The molecule has 2 aromatic rings. The Kier molecular flexibility index (Phi) is 6.61. The molecular weight excluding hydrogens is 340 g/mol. The molecule has 2 amide bonds. The Balaban J connectivity index is 1.94. The van der Waals surface area contributed by atoms with Crippen molar-refractivity contribution in [1.29, 1.82) is 0 Å². The summed E-state index contributed by atoms with van der Waals surface area (Å²) in [7, 11) is 0. The van der Waals surface area contributed by atoms with Gasteiger partial charge in [-0.2, -0.15) is 0 Å². The van der Waals surface area contributed by atoms with E-state index in [0.29, 0.717) is 23.5 Å². The first-order valence-electron chi connectivity index (χ1n) is 9.17. The van der Waals surface area contributed by atoms with Crippen molar-refractivity contribution in [3.05, 3.63) is 59.7 Å². The van der Waals surface area contributed by atoms with Crippen molar-refractivity contribution >= 4 is 17.5 Å². The number of rotatable bonds is 6. The highest BCUT2D eigenvalue weighted by atomic mass is 16.5. The zero-order valence-electron chi connectivity index (χ0n) is 16.6. The lowest BCUT2D eigenvalue weighted by Crippen LogP contribution is -2.30. The summed E-state index contributed by atoms with van der Waals surface area (Å²) < 4.78 is 5.73. The number of hydrogen-bond acceptors (Lipinski definition) is 3. The van der Waals surface area contributed by atoms with E-state index in [1.165, 1.54) is 5.56 Å². The Hall–Kier alpha value is -2.82. The maximum Gasteiger partial charge on any atom is 0.265 e. The van der Waals surface area contributed by atoms with E-state index in [9.17, 15) is 9.59 Å². The summed E-state index contributed by atoms with van der Waals surface area (Å²) in [6, 6.07) is 14.5. The van der Waals surface area contributed by atoms with Crippen molar-refractivity contribution in [3.8, 4) is 5.75 Å². The number of ether oxygens (including phenoxy) is 1.